The number of aliphatic hydroxyl groups is 6. The molecule has 0 fully saturated rings. The van der Waals surface area contributed by atoms with Crippen LogP contribution in [0.15, 0.2) is 58.6 Å². The normalized spacial score (nSPS) is 32.5. The third-order valence-electron chi connectivity index (χ3n) is 7.01. The van der Waals surface area contributed by atoms with Crippen molar-refractivity contribution in [3.05, 3.63) is 69.3 Å². The van der Waals surface area contributed by atoms with E-state index < -0.39 is 54.4 Å². The van der Waals surface area contributed by atoms with E-state index in [9.17, 15) is 35.4 Å². The molecule has 2 bridgehead atoms. The molecule has 40 heavy (non-hydrogen) atoms. The van der Waals surface area contributed by atoms with Gasteiger partial charge in [0.25, 0.3) is 0 Å². The number of thiazole rings is 1. The summed E-state index contributed by atoms with van der Waals surface area (Å²) in [6.45, 7) is 8.29. The van der Waals surface area contributed by atoms with Crippen LogP contribution in [-0.2, 0) is 9.53 Å². The first-order chi connectivity index (χ1) is 18.9. The monoisotopic (exact) mass is 577 g/mol. The minimum absolute atomic E-state index is 0.0102. The number of aliphatic hydroxyl groups excluding tert-OH is 6. The fourth-order valence-electron chi connectivity index (χ4n) is 4.35. The number of hydrogen-bond donors (Lipinski definition) is 6. The van der Waals surface area contributed by atoms with E-state index >= 15 is 0 Å². The molecule has 2 heterocycles. The van der Waals surface area contributed by atoms with Crippen LogP contribution in [0.25, 0.3) is 6.08 Å². The summed E-state index contributed by atoms with van der Waals surface area (Å²) in [5.41, 5.74) is 2.12. The zero-order valence-electron chi connectivity index (χ0n) is 23.7. The molecule has 0 radical (unpaired) electrons. The molecule has 8 atom stereocenters. The van der Waals surface area contributed by atoms with E-state index in [1.165, 1.54) is 30.4 Å². The predicted octanol–water partition coefficient (Wildman–Crippen LogP) is 2.79. The van der Waals surface area contributed by atoms with Gasteiger partial charge in [0.05, 0.1) is 42.6 Å². The highest BCUT2D eigenvalue weighted by molar-refractivity contribution is 7.09. The molecule has 0 aromatic carbocycles. The molecular formula is C30H43NO8S. The number of hydrogen-bond acceptors (Lipinski definition) is 10. The predicted molar refractivity (Wildman–Crippen MR) is 155 cm³/mol. The number of ether oxygens (including phenoxy) is 1. The highest BCUT2D eigenvalue weighted by atomic mass is 32.1. The van der Waals surface area contributed by atoms with Crippen molar-refractivity contribution in [3.8, 4) is 0 Å². The minimum atomic E-state index is -1.51. The molecule has 0 saturated carbocycles. The molecule has 0 aliphatic carbocycles. The van der Waals surface area contributed by atoms with Gasteiger partial charge in [-0.25, -0.2) is 9.78 Å². The summed E-state index contributed by atoms with van der Waals surface area (Å²) in [6, 6.07) is 0. The Kier molecular flexibility index (Phi) is 13.6. The number of rotatable bonds is 5. The Morgan fingerprint density at radius 2 is 1.90 bits per heavy atom. The van der Waals surface area contributed by atoms with E-state index in [0.29, 0.717) is 16.3 Å². The first kappa shape index (κ1) is 33.8. The van der Waals surface area contributed by atoms with Crippen molar-refractivity contribution in [2.24, 2.45) is 5.92 Å². The number of allylic oxidation sites excluding steroid dienone is 5. The van der Waals surface area contributed by atoms with Gasteiger partial charge >= 0.3 is 5.97 Å². The SMILES string of the molecule is C/C=C(C)/C=C(\C)[C@@H](O)[C@@H](C)[C@@H]1OC(=O)/C(C)=C\c2csc(n2)[C@@H](CO)[C@H](O)C[C@@H](O)/C=C\C=C/C[C@@H](O)[C@@H]1O. The third kappa shape index (κ3) is 9.59. The fraction of sp³-hybridized carbons (Fsp3) is 0.533. The Morgan fingerprint density at radius 3 is 2.55 bits per heavy atom. The smallest absolute Gasteiger partial charge is 0.334 e. The van der Waals surface area contributed by atoms with Gasteiger partial charge in [0.2, 0.25) is 0 Å². The quantitative estimate of drug-likeness (QED) is 0.228. The van der Waals surface area contributed by atoms with E-state index in [-0.39, 0.29) is 25.0 Å². The Hall–Kier alpha value is -2.44. The molecule has 0 unspecified atom stereocenters. The van der Waals surface area contributed by atoms with Crippen LogP contribution in [0.3, 0.4) is 0 Å². The average Bonchev–Trinajstić information content (AvgIpc) is 3.37. The molecule has 1 aromatic heterocycles. The van der Waals surface area contributed by atoms with Crippen LogP contribution in [0.2, 0.25) is 0 Å². The molecule has 0 saturated heterocycles. The van der Waals surface area contributed by atoms with Crippen molar-refractivity contribution in [1.82, 2.24) is 4.98 Å². The molecule has 6 N–H and O–H groups in total. The second kappa shape index (κ2) is 16.1. The number of nitrogens with zero attached hydrogens (tertiary/aromatic N) is 1. The maximum Gasteiger partial charge on any atom is 0.334 e. The maximum atomic E-state index is 13.1. The summed E-state index contributed by atoms with van der Waals surface area (Å²) in [5.74, 6) is -2.25. The molecule has 0 amide bonds. The molecule has 0 spiro atoms. The van der Waals surface area contributed by atoms with Crippen molar-refractivity contribution >= 4 is 23.4 Å². The molecule has 10 heteroatoms. The lowest BCUT2D eigenvalue weighted by Gasteiger charge is -2.33. The number of aromatic nitrogens is 1. The second-order valence-electron chi connectivity index (χ2n) is 10.3. The number of cyclic esters (lactones) is 1. The second-order valence-corrected chi connectivity index (χ2v) is 11.2. The standard InChI is InChI=1S/C30H43NO8S/c1-6-17(2)12-18(3)26(36)20(5)28-27(37)24(34)11-9-7-8-10-22(33)14-25(35)23(15-32)29-31-21(16-40-29)13-19(4)30(38)39-28/h6-10,12-13,16,20,22-28,32-37H,11,14-15H2,1-5H3/b9-7-,10-8-,17-6+,18-12+,19-13-/t20-,22+,23+,24-,25-,26-,27+,28+/m1/s1. The van der Waals surface area contributed by atoms with Crippen LogP contribution < -0.4 is 0 Å². The van der Waals surface area contributed by atoms with Gasteiger partial charge < -0.3 is 35.4 Å². The van der Waals surface area contributed by atoms with Crippen molar-refractivity contribution in [2.45, 2.75) is 90.0 Å². The Balaban J connectivity index is 2.47. The molecular weight excluding hydrogens is 534 g/mol. The largest absolute Gasteiger partial charge is 0.456 e. The first-order valence-electron chi connectivity index (χ1n) is 13.4. The lowest BCUT2D eigenvalue weighted by molar-refractivity contribution is -0.164. The summed E-state index contributed by atoms with van der Waals surface area (Å²) in [5, 5.41) is 65.7. The number of fused-ring (bicyclic) bond motifs is 2. The zero-order valence-corrected chi connectivity index (χ0v) is 24.5. The van der Waals surface area contributed by atoms with Crippen LogP contribution in [0.4, 0.5) is 0 Å². The number of carbonyl (C=O) groups is 1. The van der Waals surface area contributed by atoms with Gasteiger partial charge in [-0.2, -0.15) is 0 Å². The molecule has 1 aliphatic rings. The van der Waals surface area contributed by atoms with E-state index in [1.807, 2.05) is 19.9 Å². The minimum Gasteiger partial charge on any atom is -0.456 e. The van der Waals surface area contributed by atoms with Crippen LogP contribution in [0, 0.1) is 5.92 Å². The van der Waals surface area contributed by atoms with Crippen LogP contribution >= 0.6 is 11.3 Å². The van der Waals surface area contributed by atoms with Gasteiger partial charge in [-0.1, -0.05) is 49.0 Å². The van der Waals surface area contributed by atoms with Gasteiger partial charge in [-0.3, -0.25) is 0 Å². The van der Waals surface area contributed by atoms with E-state index in [1.54, 1.807) is 43.5 Å². The number of esters is 1. The summed E-state index contributed by atoms with van der Waals surface area (Å²) in [4.78, 5) is 17.5. The van der Waals surface area contributed by atoms with E-state index in [2.05, 4.69) is 4.98 Å². The fourth-order valence-corrected chi connectivity index (χ4v) is 5.27. The van der Waals surface area contributed by atoms with Crippen molar-refractivity contribution < 1.29 is 40.2 Å². The van der Waals surface area contributed by atoms with Gasteiger partial charge in [0.15, 0.2) is 0 Å². The van der Waals surface area contributed by atoms with Crippen molar-refractivity contribution in [2.75, 3.05) is 6.61 Å². The Bertz CT molecular complexity index is 1120. The van der Waals surface area contributed by atoms with Crippen molar-refractivity contribution in [3.63, 3.8) is 0 Å². The average molecular weight is 578 g/mol. The van der Waals surface area contributed by atoms with Crippen molar-refractivity contribution in [1.29, 1.82) is 0 Å². The highest BCUT2D eigenvalue weighted by Crippen LogP contribution is 2.28. The summed E-state index contributed by atoms with van der Waals surface area (Å²) in [7, 11) is 0. The van der Waals surface area contributed by atoms with Crippen LogP contribution in [-0.4, -0.2) is 84.8 Å². The summed E-state index contributed by atoms with van der Waals surface area (Å²) < 4.78 is 5.70. The molecule has 9 nitrogen and oxygen atoms in total. The van der Waals surface area contributed by atoms with Crippen LogP contribution in [0.1, 0.15) is 64.1 Å². The van der Waals surface area contributed by atoms with Gasteiger partial charge in [-0.15, -0.1) is 11.3 Å². The first-order valence-corrected chi connectivity index (χ1v) is 14.3. The lowest BCUT2D eigenvalue weighted by atomic mass is 9.87. The lowest BCUT2D eigenvalue weighted by Crippen LogP contribution is -2.47. The van der Waals surface area contributed by atoms with E-state index in [4.69, 9.17) is 4.74 Å². The Morgan fingerprint density at radius 1 is 1.20 bits per heavy atom. The maximum absolute atomic E-state index is 13.1. The number of carbonyl (C=O) groups excluding carboxylic acids is 1. The Labute approximate surface area is 240 Å². The van der Waals surface area contributed by atoms with Gasteiger partial charge in [-0.05, 0) is 45.8 Å². The van der Waals surface area contributed by atoms with E-state index in [0.717, 1.165) is 5.57 Å². The third-order valence-corrected chi connectivity index (χ3v) is 8.01. The topological polar surface area (TPSA) is 161 Å². The molecule has 1 aliphatic heterocycles. The van der Waals surface area contributed by atoms with Gasteiger partial charge in [0.1, 0.15) is 17.2 Å². The molecule has 1 aromatic rings. The molecule has 222 valence electrons. The zero-order chi connectivity index (χ0) is 30.0. The summed E-state index contributed by atoms with van der Waals surface area (Å²) in [6.07, 6.45) is 4.14. The highest BCUT2D eigenvalue weighted by Gasteiger charge is 2.37. The summed E-state index contributed by atoms with van der Waals surface area (Å²) >= 11 is 1.20. The van der Waals surface area contributed by atoms with Crippen LogP contribution in [0.5, 0.6) is 0 Å². The molecule has 2 rings (SSSR count). The van der Waals surface area contributed by atoms with Gasteiger partial charge in [0, 0.05) is 23.3 Å².